The van der Waals surface area contributed by atoms with Gasteiger partial charge < -0.3 is 10.0 Å². The molecule has 0 aromatic heterocycles. The van der Waals surface area contributed by atoms with Gasteiger partial charge in [0.1, 0.15) is 5.75 Å². The third-order valence-electron chi connectivity index (χ3n) is 4.88. The summed E-state index contributed by atoms with van der Waals surface area (Å²) >= 11 is 0. The highest BCUT2D eigenvalue weighted by Gasteiger charge is 2.12. The zero-order valence-electron chi connectivity index (χ0n) is 16.1. The van der Waals surface area contributed by atoms with Crippen LogP contribution in [-0.4, -0.2) is 5.11 Å². The molecule has 28 heavy (non-hydrogen) atoms. The molecule has 0 saturated heterocycles. The lowest BCUT2D eigenvalue weighted by molar-refractivity contribution is 0.475. The maximum atomic E-state index is 9.51. The van der Waals surface area contributed by atoms with E-state index in [-0.39, 0.29) is 5.75 Å². The molecule has 0 heterocycles. The van der Waals surface area contributed by atoms with E-state index in [0.717, 1.165) is 28.2 Å². The molecule has 0 unspecified atom stereocenters. The minimum atomic E-state index is 0.283. The smallest absolute Gasteiger partial charge is 0.115 e. The molecule has 0 amide bonds. The monoisotopic (exact) mass is 365 g/mol. The molecule has 0 radical (unpaired) electrons. The van der Waals surface area contributed by atoms with E-state index in [0.29, 0.717) is 0 Å². The molecule has 4 aromatic carbocycles. The third kappa shape index (κ3) is 3.77. The average molecular weight is 365 g/mol. The molecule has 2 heteroatoms. The normalized spacial score (nSPS) is 10.6. The van der Waals surface area contributed by atoms with Gasteiger partial charge >= 0.3 is 0 Å². The zero-order chi connectivity index (χ0) is 19.5. The van der Waals surface area contributed by atoms with E-state index in [1.54, 1.807) is 12.1 Å². The van der Waals surface area contributed by atoms with E-state index >= 15 is 0 Å². The maximum absolute atomic E-state index is 9.51. The fourth-order valence-electron chi connectivity index (χ4n) is 3.36. The second-order valence-corrected chi connectivity index (χ2v) is 7.10. The van der Waals surface area contributed by atoms with Crippen LogP contribution in [-0.2, 0) is 0 Å². The number of anilines is 3. The molecular formula is C26H23NO. The van der Waals surface area contributed by atoms with Gasteiger partial charge in [-0.05, 0) is 79.1 Å². The highest BCUT2D eigenvalue weighted by molar-refractivity contribution is 5.78. The third-order valence-corrected chi connectivity index (χ3v) is 4.88. The largest absolute Gasteiger partial charge is 0.508 e. The molecule has 2 nitrogen and oxygen atoms in total. The Morgan fingerprint density at radius 1 is 0.536 bits per heavy atom. The number of benzene rings is 4. The van der Waals surface area contributed by atoms with Gasteiger partial charge in [-0.1, -0.05) is 54.1 Å². The van der Waals surface area contributed by atoms with Crippen molar-refractivity contribution in [1.82, 2.24) is 0 Å². The molecule has 0 atom stereocenters. The van der Waals surface area contributed by atoms with Crippen molar-refractivity contribution in [1.29, 1.82) is 0 Å². The first kappa shape index (κ1) is 17.9. The Labute approximate surface area is 166 Å². The van der Waals surface area contributed by atoms with Gasteiger partial charge in [0.05, 0.1) is 0 Å². The maximum Gasteiger partial charge on any atom is 0.115 e. The van der Waals surface area contributed by atoms with Gasteiger partial charge in [-0.25, -0.2) is 0 Å². The topological polar surface area (TPSA) is 23.5 Å². The number of rotatable bonds is 4. The standard InChI is InChI=1S/C26H23NO/c1-19-6-12-23(13-7-19)27(25-5-3-4-20(2)18-25)24-14-8-21(9-15-24)22-10-16-26(28)17-11-22/h3-18,28H,1-2H3. The van der Waals surface area contributed by atoms with Crippen molar-refractivity contribution >= 4 is 17.1 Å². The Morgan fingerprint density at radius 3 is 1.64 bits per heavy atom. The van der Waals surface area contributed by atoms with E-state index in [1.165, 1.54) is 11.1 Å². The lowest BCUT2D eigenvalue weighted by Crippen LogP contribution is -2.10. The first-order chi connectivity index (χ1) is 13.6. The van der Waals surface area contributed by atoms with Gasteiger partial charge in [-0.2, -0.15) is 0 Å². The SMILES string of the molecule is Cc1ccc(N(c2ccc(-c3ccc(O)cc3)cc2)c2cccc(C)c2)cc1. The second kappa shape index (κ2) is 7.61. The van der Waals surface area contributed by atoms with Gasteiger partial charge in [-0.15, -0.1) is 0 Å². The molecule has 4 aromatic rings. The number of hydrogen-bond donors (Lipinski definition) is 1. The Balaban J connectivity index is 1.76. The summed E-state index contributed by atoms with van der Waals surface area (Å²) in [5.41, 5.74) is 8.07. The van der Waals surface area contributed by atoms with Crippen LogP contribution in [0.1, 0.15) is 11.1 Å². The summed E-state index contributed by atoms with van der Waals surface area (Å²) < 4.78 is 0. The van der Waals surface area contributed by atoms with Crippen LogP contribution in [0.2, 0.25) is 0 Å². The lowest BCUT2D eigenvalue weighted by atomic mass is 10.0. The van der Waals surface area contributed by atoms with Crippen LogP contribution in [0.25, 0.3) is 11.1 Å². The summed E-state index contributed by atoms with van der Waals surface area (Å²) in [7, 11) is 0. The van der Waals surface area contributed by atoms with Crippen LogP contribution in [0.3, 0.4) is 0 Å². The van der Waals surface area contributed by atoms with Crippen molar-refractivity contribution < 1.29 is 5.11 Å². The molecule has 0 aliphatic carbocycles. The van der Waals surface area contributed by atoms with Crippen molar-refractivity contribution in [3.05, 3.63) is 108 Å². The predicted molar refractivity (Wildman–Crippen MR) is 118 cm³/mol. The zero-order valence-corrected chi connectivity index (χ0v) is 16.1. The Hall–Kier alpha value is -3.52. The molecule has 0 spiro atoms. The molecule has 1 N–H and O–H groups in total. The first-order valence-electron chi connectivity index (χ1n) is 9.43. The summed E-state index contributed by atoms with van der Waals surface area (Å²) in [6.45, 7) is 4.22. The van der Waals surface area contributed by atoms with Crippen LogP contribution in [0, 0.1) is 13.8 Å². The Bertz CT molecular complexity index is 1060. The molecule has 0 aliphatic rings. The van der Waals surface area contributed by atoms with E-state index < -0.39 is 0 Å². The van der Waals surface area contributed by atoms with Crippen LogP contribution < -0.4 is 4.90 Å². The first-order valence-corrected chi connectivity index (χ1v) is 9.43. The minimum Gasteiger partial charge on any atom is -0.508 e. The minimum absolute atomic E-state index is 0.283. The van der Waals surface area contributed by atoms with Crippen molar-refractivity contribution in [3.63, 3.8) is 0 Å². The van der Waals surface area contributed by atoms with Crippen molar-refractivity contribution in [2.75, 3.05) is 4.90 Å². The van der Waals surface area contributed by atoms with E-state index in [1.807, 2.05) is 12.1 Å². The number of phenolic OH excluding ortho intramolecular Hbond substituents is 1. The van der Waals surface area contributed by atoms with E-state index in [9.17, 15) is 5.11 Å². The average Bonchev–Trinajstić information content (AvgIpc) is 2.71. The quantitative estimate of drug-likeness (QED) is 0.415. The Morgan fingerprint density at radius 2 is 1.07 bits per heavy atom. The Kier molecular flexibility index (Phi) is 4.86. The highest BCUT2D eigenvalue weighted by Crippen LogP contribution is 2.36. The fraction of sp³-hybridized carbons (Fsp3) is 0.0769. The van der Waals surface area contributed by atoms with Crippen LogP contribution >= 0.6 is 0 Å². The molecular weight excluding hydrogens is 342 g/mol. The number of aryl methyl sites for hydroxylation is 2. The van der Waals surface area contributed by atoms with Crippen molar-refractivity contribution in [3.8, 4) is 16.9 Å². The summed E-state index contributed by atoms with van der Waals surface area (Å²) in [5, 5.41) is 9.51. The number of hydrogen-bond acceptors (Lipinski definition) is 2. The van der Waals surface area contributed by atoms with Gasteiger partial charge in [-0.3, -0.25) is 0 Å². The van der Waals surface area contributed by atoms with Crippen LogP contribution in [0.4, 0.5) is 17.1 Å². The highest BCUT2D eigenvalue weighted by atomic mass is 16.3. The van der Waals surface area contributed by atoms with Crippen molar-refractivity contribution in [2.45, 2.75) is 13.8 Å². The molecule has 0 fully saturated rings. The summed E-state index contributed by atoms with van der Waals surface area (Å²) in [6, 6.07) is 33.0. The fourth-order valence-corrected chi connectivity index (χ4v) is 3.36. The summed E-state index contributed by atoms with van der Waals surface area (Å²) in [4.78, 5) is 2.27. The van der Waals surface area contributed by atoms with Gasteiger partial charge in [0.15, 0.2) is 0 Å². The predicted octanol–water partition coefficient (Wildman–Crippen LogP) is 7.15. The molecule has 4 rings (SSSR count). The number of nitrogens with zero attached hydrogens (tertiary/aromatic N) is 1. The van der Waals surface area contributed by atoms with Crippen LogP contribution in [0.15, 0.2) is 97.1 Å². The molecule has 0 aliphatic heterocycles. The lowest BCUT2D eigenvalue weighted by Gasteiger charge is -2.26. The molecule has 0 bridgehead atoms. The summed E-state index contributed by atoms with van der Waals surface area (Å²) in [5.74, 6) is 0.283. The molecule has 138 valence electrons. The molecule has 0 saturated carbocycles. The van der Waals surface area contributed by atoms with E-state index in [2.05, 4.69) is 91.5 Å². The van der Waals surface area contributed by atoms with E-state index in [4.69, 9.17) is 0 Å². The van der Waals surface area contributed by atoms with Gasteiger partial charge in [0.25, 0.3) is 0 Å². The van der Waals surface area contributed by atoms with Gasteiger partial charge in [0.2, 0.25) is 0 Å². The number of aromatic hydroxyl groups is 1. The number of phenols is 1. The second-order valence-electron chi connectivity index (χ2n) is 7.10. The van der Waals surface area contributed by atoms with Crippen molar-refractivity contribution in [2.24, 2.45) is 0 Å². The van der Waals surface area contributed by atoms with Gasteiger partial charge in [0, 0.05) is 17.1 Å². The van der Waals surface area contributed by atoms with Crippen LogP contribution in [0.5, 0.6) is 5.75 Å². The summed E-state index contributed by atoms with van der Waals surface area (Å²) in [6.07, 6.45) is 0.